The third-order valence-electron chi connectivity index (χ3n) is 3.15. The number of rotatable bonds is 7. The molecule has 0 N–H and O–H groups in total. The topological polar surface area (TPSA) is 44.8 Å². The number of hydrogen-bond donors (Lipinski definition) is 0. The molecule has 0 saturated heterocycles. The third kappa shape index (κ3) is 4.52. The summed E-state index contributed by atoms with van der Waals surface area (Å²) in [4.78, 5) is 11.2. The van der Waals surface area contributed by atoms with Gasteiger partial charge in [-0.25, -0.2) is 0 Å². The number of carbonyl (C=O) groups is 1. The first kappa shape index (κ1) is 15.9. The summed E-state index contributed by atoms with van der Waals surface area (Å²) in [5, 5.41) is 0. The summed E-state index contributed by atoms with van der Waals surface area (Å²) in [7, 11) is 1.59. The highest BCUT2D eigenvalue weighted by Gasteiger charge is 2.07. The van der Waals surface area contributed by atoms with E-state index in [1.807, 2.05) is 48.5 Å². The van der Waals surface area contributed by atoms with E-state index in [-0.39, 0.29) is 12.6 Å². The Hall–Kier alpha value is -2.49. The summed E-state index contributed by atoms with van der Waals surface area (Å²) in [5.41, 5.74) is 1.95. The van der Waals surface area contributed by atoms with Crippen LogP contribution < -0.4 is 9.47 Å². The van der Waals surface area contributed by atoms with Crippen LogP contribution in [0.5, 0.6) is 11.5 Å². The van der Waals surface area contributed by atoms with Gasteiger partial charge in [0.25, 0.3) is 0 Å². The van der Waals surface area contributed by atoms with Gasteiger partial charge in [0, 0.05) is 6.42 Å². The Balaban J connectivity index is 2.01. The van der Waals surface area contributed by atoms with E-state index in [0.29, 0.717) is 24.5 Å². The molecule has 0 spiro atoms. The van der Waals surface area contributed by atoms with Crippen molar-refractivity contribution in [1.29, 1.82) is 0 Å². The molecule has 0 atom stereocenters. The van der Waals surface area contributed by atoms with Gasteiger partial charge in [0.2, 0.25) is 0 Å². The van der Waals surface area contributed by atoms with Gasteiger partial charge in [0.05, 0.1) is 7.11 Å². The van der Waals surface area contributed by atoms with Crippen molar-refractivity contribution < 1.29 is 19.0 Å². The maximum Gasteiger partial charge on any atom is 0.305 e. The number of carbonyl (C=O) groups excluding carboxylic acids is 1. The van der Waals surface area contributed by atoms with Gasteiger partial charge >= 0.3 is 5.97 Å². The quantitative estimate of drug-likeness (QED) is 0.731. The summed E-state index contributed by atoms with van der Waals surface area (Å²) in [5.74, 6) is 1.07. The SMILES string of the molecule is CCC(=O)OCc1ccc(OCc2ccccc2)c(OC)c1. The molecule has 0 aliphatic carbocycles. The standard InChI is InChI=1S/C18H20O4/c1-3-18(19)22-13-15-9-10-16(17(11-15)20-2)21-12-14-7-5-4-6-8-14/h4-11H,3,12-13H2,1-2H3. The van der Waals surface area contributed by atoms with Gasteiger partial charge < -0.3 is 14.2 Å². The molecule has 116 valence electrons. The van der Waals surface area contributed by atoms with Crippen LogP contribution in [0.3, 0.4) is 0 Å². The van der Waals surface area contributed by atoms with Crippen LogP contribution in [0.25, 0.3) is 0 Å². The van der Waals surface area contributed by atoms with Crippen molar-refractivity contribution in [3.05, 3.63) is 59.7 Å². The van der Waals surface area contributed by atoms with E-state index < -0.39 is 0 Å². The molecule has 0 aromatic heterocycles. The van der Waals surface area contributed by atoms with E-state index in [2.05, 4.69) is 0 Å². The zero-order valence-electron chi connectivity index (χ0n) is 12.9. The summed E-state index contributed by atoms with van der Waals surface area (Å²) >= 11 is 0. The Morgan fingerprint density at radius 1 is 0.955 bits per heavy atom. The van der Waals surface area contributed by atoms with Crippen molar-refractivity contribution in [1.82, 2.24) is 0 Å². The average Bonchev–Trinajstić information content (AvgIpc) is 2.58. The lowest BCUT2D eigenvalue weighted by molar-refractivity contribution is -0.144. The Bertz CT molecular complexity index is 608. The lowest BCUT2D eigenvalue weighted by atomic mass is 10.2. The first-order chi connectivity index (χ1) is 10.7. The molecule has 2 aromatic carbocycles. The molecule has 0 amide bonds. The number of esters is 1. The molecule has 0 aliphatic heterocycles. The molecule has 0 radical (unpaired) electrons. The summed E-state index contributed by atoms with van der Waals surface area (Å²) in [6.07, 6.45) is 0.370. The highest BCUT2D eigenvalue weighted by atomic mass is 16.5. The number of hydrogen-bond acceptors (Lipinski definition) is 4. The number of ether oxygens (including phenoxy) is 3. The van der Waals surface area contributed by atoms with Crippen LogP contribution in [-0.2, 0) is 22.7 Å². The first-order valence-corrected chi connectivity index (χ1v) is 7.22. The Kier molecular flexibility index (Phi) is 5.83. The minimum atomic E-state index is -0.219. The molecular weight excluding hydrogens is 280 g/mol. The molecule has 2 aromatic rings. The predicted octanol–water partition coefficient (Wildman–Crippen LogP) is 3.73. The lowest BCUT2D eigenvalue weighted by Gasteiger charge is -2.12. The zero-order valence-corrected chi connectivity index (χ0v) is 12.9. The van der Waals surface area contributed by atoms with Crippen LogP contribution in [-0.4, -0.2) is 13.1 Å². The van der Waals surface area contributed by atoms with Crippen LogP contribution >= 0.6 is 0 Å². The Labute approximate surface area is 130 Å². The predicted molar refractivity (Wildman–Crippen MR) is 83.9 cm³/mol. The molecule has 4 heteroatoms. The maximum absolute atomic E-state index is 11.2. The second kappa shape index (κ2) is 8.08. The fourth-order valence-corrected chi connectivity index (χ4v) is 1.92. The van der Waals surface area contributed by atoms with Crippen LogP contribution in [0.1, 0.15) is 24.5 Å². The largest absolute Gasteiger partial charge is 0.493 e. The van der Waals surface area contributed by atoms with Crippen molar-refractivity contribution in [3.8, 4) is 11.5 Å². The molecule has 4 nitrogen and oxygen atoms in total. The molecule has 0 unspecified atom stereocenters. The molecule has 0 saturated carbocycles. The van der Waals surface area contributed by atoms with Crippen molar-refractivity contribution in [2.24, 2.45) is 0 Å². The van der Waals surface area contributed by atoms with Crippen LogP contribution in [0.2, 0.25) is 0 Å². The minimum absolute atomic E-state index is 0.219. The highest BCUT2D eigenvalue weighted by Crippen LogP contribution is 2.29. The van der Waals surface area contributed by atoms with Gasteiger partial charge in [0.1, 0.15) is 13.2 Å². The number of methoxy groups -OCH3 is 1. The van der Waals surface area contributed by atoms with Crippen molar-refractivity contribution in [2.75, 3.05) is 7.11 Å². The van der Waals surface area contributed by atoms with Gasteiger partial charge in [-0.2, -0.15) is 0 Å². The van der Waals surface area contributed by atoms with Crippen LogP contribution in [0.15, 0.2) is 48.5 Å². The van der Waals surface area contributed by atoms with Crippen molar-refractivity contribution in [3.63, 3.8) is 0 Å². The fourth-order valence-electron chi connectivity index (χ4n) is 1.92. The molecule has 0 heterocycles. The second-order valence-corrected chi connectivity index (χ2v) is 4.77. The summed E-state index contributed by atoms with van der Waals surface area (Å²) in [6, 6.07) is 15.4. The zero-order chi connectivity index (χ0) is 15.8. The Morgan fingerprint density at radius 2 is 1.73 bits per heavy atom. The molecule has 0 fully saturated rings. The third-order valence-corrected chi connectivity index (χ3v) is 3.15. The van der Waals surface area contributed by atoms with Crippen LogP contribution in [0.4, 0.5) is 0 Å². The fraction of sp³-hybridized carbons (Fsp3) is 0.278. The summed E-state index contributed by atoms with van der Waals surface area (Å²) in [6.45, 7) is 2.48. The van der Waals surface area contributed by atoms with Gasteiger partial charge in [-0.15, -0.1) is 0 Å². The smallest absolute Gasteiger partial charge is 0.305 e. The first-order valence-electron chi connectivity index (χ1n) is 7.22. The monoisotopic (exact) mass is 300 g/mol. The van der Waals surface area contributed by atoms with Gasteiger partial charge in [0.15, 0.2) is 11.5 Å². The molecule has 0 aliphatic rings. The number of benzene rings is 2. The minimum Gasteiger partial charge on any atom is -0.493 e. The van der Waals surface area contributed by atoms with E-state index in [9.17, 15) is 4.79 Å². The van der Waals surface area contributed by atoms with E-state index in [0.717, 1.165) is 11.1 Å². The van der Waals surface area contributed by atoms with E-state index >= 15 is 0 Å². The molecule has 0 bridgehead atoms. The lowest BCUT2D eigenvalue weighted by Crippen LogP contribution is -2.03. The average molecular weight is 300 g/mol. The van der Waals surface area contributed by atoms with Crippen molar-refractivity contribution >= 4 is 5.97 Å². The van der Waals surface area contributed by atoms with Crippen LogP contribution in [0, 0.1) is 0 Å². The van der Waals surface area contributed by atoms with Gasteiger partial charge in [-0.3, -0.25) is 4.79 Å². The van der Waals surface area contributed by atoms with Gasteiger partial charge in [-0.1, -0.05) is 43.3 Å². The highest BCUT2D eigenvalue weighted by molar-refractivity contribution is 5.68. The Morgan fingerprint density at radius 3 is 2.41 bits per heavy atom. The normalized spacial score (nSPS) is 10.1. The van der Waals surface area contributed by atoms with E-state index in [4.69, 9.17) is 14.2 Å². The van der Waals surface area contributed by atoms with Gasteiger partial charge in [-0.05, 0) is 23.3 Å². The summed E-state index contributed by atoms with van der Waals surface area (Å²) < 4.78 is 16.2. The van der Waals surface area contributed by atoms with Crippen molar-refractivity contribution in [2.45, 2.75) is 26.6 Å². The maximum atomic E-state index is 11.2. The molecule has 22 heavy (non-hydrogen) atoms. The second-order valence-electron chi connectivity index (χ2n) is 4.77. The molecule has 2 rings (SSSR count). The molecular formula is C18H20O4. The van der Waals surface area contributed by atoms with E-state index in [1.165, 1.54) is 0 Å². The van der Waals surface area contributed by atoms with E-state index in [1.54, 1.807) is 14.0 Å².